The number of nitrogens with one attached hydrogen (secondary N) is 1. The summed E-state index contributed by atoms with van der Waals surface area (Å²) in [5, 5.41) is 7.92. The highest BCUT2D eigenvalue weighted by atomic mass is 19.1. The Balaban J connectivity index is 1.68. The number of hydrogen-bond acceptors (Lipinski definition) is 4. The van der Waals surface area contributed by atoms with E-state index < -0.39 is 11.6 Å². The number of nitrogens with zero attached hydrogens (tertiary/aromatic N) is 3. The first kappa shape index (κ1) is 20.5. The second-order valence-electron chi connectivity index (χ2n) is 7.09. The molecule has 4 rings (SSSR count). The third-order valence-corrected chi connectivity index (χ3v) is 5.14. The van der Waals surface area contributed by atoms with E-state index in [1.165, 1.54) is 30.0 Å². The van der Waals surface area contributed by atoms with E-state index in [1.54, 1.807) is 32.0 Å². The summed E-state index contributed by atoms with van der Waals surface area (Å²) in [6.45, 7) is 3.37. The average Bonchev–Trinajstić information content (AvgIpc) is 3.02. The number of ether oxygens (including phenoxy) is 1. The standard InChI is InChI=1S/C23H20F2N4O2/c1-13-22(14(2)29(28-13)12-17-18(24)8-6-9-19(17)25)27-23(30)16-11-21(31-3)26-20-10-5-4-7-15(16)20/h4-11H,12H2,1-3H3,(H,27,30). The number of aromatic nitrogens is 3. The predicted molar refractivity (Wildman–Crippen MR) is 113 cm³/mol. The third kappa shape index (κ3) is 3.84. The van der Waals surface area contributed by atoms with Gasteiger partial charge in [-0.2, -0.15) is 5.10 Å². The van der Waals surface area contributed by atoms with Gasteiger partial charge in [0.25, 0.3) is 5.91 Å². The molecule has 0 saturated carbocycles. The molecular formula is C23H20F2N4O2. The van der Waals surface area contributed by atoms with E-state index in [9.17, 15) is 13.6 Å². The van der Waals surface area contributed by atoms with E-state index in [-0.39, 0.29) is 18.0 Å². The minimum absolute atomic E-state index is 0.0872. The summed E-state index contributed by atoms with van der Waals surface area (Å²) in [4.78, 5) is 17.5. The summed E-state index contributed by atoms with van der Waals surface area (Å²) in [7, 11) is 1.49. The highest BCUT2D eigenvalue weighted by Gasteiger charge is 2.19. The van der Waals surface area contributed by atoms with E-state index in [1.807, 2.05) is 12.1 Å². The number of pyridine rings is 1. The molecule has 0 aliphatic rings. The summed E-state index contributed by atoms with van der Waals surface area (Å²) in [6, 6.07) is 12.5. The van der Waals surface area contributed by atoms with E-state index in [4.69, 9.17) is 4.74 Å². The zero-order valence-electron chi connectivity index (χ0n) is 17.2. The van der Waals surface area contributed by atoms with Crippen LogP contribution in [0.25, 0.3) is 10.9 Å². The maximum Gasteiger partial charge on any atom is 0.256 e. The molecule has 4 aromatic rings. The predicted octanol–water partition coefficient (Wildman–Crippen LogP) is 4.64. The maximum absolute atomic E-state index is 14.1. The molecule has 0 spiro atoms. The Kier molecular flexibility index (Phi) is 5.37. The van der Waals surface area contributed by atoms with Crippen LogP contribution in [0.5, 0.6) is 5.88 Å². The van der Waals surface area contributed by atoms with Crippen molar-refractivity contribution < 1.29 is 18.3 Å². The van der Waals surface area contributed by atoms with Crippen molar-refractivity contribution in [3.63, 3.8) is 0 Å². The Bertz CT molecular complexity index is 1280. The Labute approximate surface area is 177 Å². The molecule has 0 bridgehead atoms. The van der Waals surface area contributed by atoms with Crippen LogP contribution in [-0.4, -0.2) is 27.8 Å². The molecule has 0 atom stereocenters. The van der Waals surface area contributed by atoms with Crippen molar-refractivity contribution in [2.24, 2.45) is 0 Å². The number of benzene rings is 2. The third-order valence-electron chi connectivity index (χ3n) is 5.14. The number of amides is 1. The van der Waals surface area contributed by atoms with Gasteiger partial charge in [-0.15, -0.1) is 0 Å². The lowest BCUT2D eigenvalue weighted by Gasteiger charge is -2.11. The lowest BCUT2D eigenvalue weighted by molar-refractivity contribution is 0.102. The Hall–Kier alpha value is -3.81. The molecule has 0 radical (unpaired) electrons. The fourth-order valence-corrected chi connectivity index (χ4v) is 3.49. The summed E-state index contributed by atoms with van der Waals surface area (Å²) in [6.07, 6.45) is 0. The highest BCUT2D eigenvalue weighted by molar-refractivity contribution is 6.13. The highest BCUT2D eigenvalue weighted by Crippen LogP contribution is 2.26. The van der Waals surface area contributed by atoms with Gasteiger partial charge in [0.15, 0.2) is 0 Å². The van der Waals surface area contributed by atoms with Crippen LogP contribution in [0, 0.1) is 25.5 Å². The number of carbonyl (C=O) groups is 1. The van der Waals surface area contributed by atoms with Gasteiger partial charge < -0.3 is 10.1 Å². The number of carbonyl (C=O) groups excluding carboxylic acids is 1. The van der Waals surface area contributed by atoms with E-state index >= 15 is 0 Å². The first-order valence-corrected chi connectivity index (χ1v) is 9.61. The molecule has 0 saturated heterocycles. The number of methoxy groups -OCH3 is 1. The normalized spacial score (nSPS) is 11.0. The van der Waals surface area contributed by atoms with Gasteiger partial charge in [0.05, 0.1) is 41.8 Å². The number of fused-ring (bicyclic) bond motifs is 1. The van der Waals surface area contributed by atoms with Crippen LogP contribution in [0.3, 0.4) is 0 Å². The quantitative estimate of drug-likeness (QED) is 0.509. The van der Waals surface area contributed by atoms with E-state index in [0.29, 0.717) is 39.4 Å². The molecule has 2 aromatic heterocycles. The van der Waals surface area contributed by atoms with Crippen LogP contribution in [0.1, 0.15) is 27.3 Å². The molecule has 1 N–H and O–H groups in total. The van der Waals surface area contributed by atoms with Gasteiger partial charge in [0.1, 0.15) is 11.6 Å². The van der Waals surface area contributed by atoms with Crippen LogP contribution in [0.15, 0.2) is 48.5 Å². The van der Waals surface area contributed by atoms with Gasteiger partial charge in [0, 0.05) is 17.0 Å². The molecule has 2 heterocycles. The molecule has 1 amide bonds. The summed E-state index contributed by atoms with van der Waals surface area (Å²) in [5.41, 5.74) is 2.55. The van der Waals surface area contributed by atoms with Gasteiger partial charge in [-0.05, 0) is 32.0 Å². The summed E-state index contributed by atoms with van der Waals surface area (Å²) >= 11 is 0. The minimum Gasteiger partial charge on any atom is -0.481 e. The number of anilines is 1. The molecule has 0 fully saturated rings. The lowest BCUT2D eigenvalue weighted by Crippen LogP contribution is -2.14. The average molecular weight is 422 g/mol. The SMILES string of the molecule is COc1cc(C(=O)Nc2c(C)nn(Cc3c(F)cccc3F)c2C)c2ccccc2n1. The largest absolute Gasteiger partial charge is 0.481 e. The van der Waals surface area contributed by atoms with Crippen LogP contribution < -0.4 is 10.1 Å². The van der Waals surface area contributed by atoms with E-state index in [2.05, 4.69) is 15.4 Å². The molecule has 0 aliphatic carbocycles. The van der Waals surface area contributed by atoms with Gasteiger partial charge in [-0.3, -0.25) is 9.48 Å². The first-order chi connectivity index (χ1) is 14.9. The fourth-order valence-electron chi connectivity index (χ4n) is 3.49. The van der Waals surface area contributed by atoms with Crippen molar-refractivity contribution in [3.05, 3.63) is 82.7 Å². The zero-order chi connectivity index (χ0) is 22.1. The summed E-state index contributed by atoms with van der Waals surface area (Å²) < 4.78 is 34.8. The smallest absolute Gasteiger partial charge is 0.256 e. The van der Waals surface area contributed by atoms with Crippen molar-refractivity contribution >= 4 is 22.5 Å². The molecule has 8 heteroatoms. The second-order valence-corrected chi connectivity index (χ2v) is 7.09. The molecule has 158 valence electrons. The van der Waals surface area contributed by atoms with Crippen molar-refractivity contribution in [2.45, 2.75) is 20.4 Å². The lowest BCUT2D eigenvalue weighted by atomic mass is 10.1. The topological polar surface area (TPSA) is 69.0 Å². The van der Waals surface area contributed by atoms with Crippen LogP contribution in [-0.2, 0) is 6.54 Å². The van der Waals surface area contributed by atoms with Crippen molar-refractivity contribution in [3.8, 4) is 5.88 Å². The second kappa shape index (κ2) is 8.14. The van der Waals surface area contributed by atoms with Gasteiger partial charge >= 0.3 is 0 Å². The molecular weight excluding hydrogens is 402 g/mol. The molecule has 31 heavy (non-hydrogen) atoms. The first-order valence-electron chi connectivity index (χ1n) is 9.61. The Morgan fingerprint density at radius 3 is 2.52 bits per heavy atom. The van der Waals surface area contributed by atoms with Crippen molar-refractivity contribution in [1.82, 2.24) is 14.8 Å². The molecule has 6 nitrogen and oxygen atoms in total. The monoisotopic (exact) mass is 422 g/mol. The van der Waals surface area contributed by atoms with Crippen molar-refractivity contribution in [1.29, 1.82) is 0 Å². The zero-order valence-corrected chi connectivity index (χ0v) is 17.2. The minimum atomic E-state index is -0.645. The van der Waals surface area contributed by atoms with Gasteiger partial charge in [-0.25, -0.2) is 13.8 Å². The van der Waals surface area contributed by atoms with Gasteiger partial charge in [-0.1, -0.05) is 24.3 Å². The number of aryl methyl sites for hydroxylation is 1. The maximum atomic E-state index is 14.1. The molecule has 0 unspecified atom stereocenters. The Morgan fingerprint density at radius 2 is 1.81 bits per heavy atom. The van der Waals surface area contributed by atoms with E-state index in [0.717, 1.165) is 0 Å². The van der Waals surface area contributed by atoms with Gasteiger partial charge in [0.2, 0.25) is 5.88 Å². The molecule has 0 aliphatic heterocycles. The summed E-state index contributed by atoms with van der Waals surface area (Å²) in [5.74, 6) is -1.33. The number of para-hydroxylation sites is 1. The van der Waals surface area contributed by atoms with Crippen LogP contribution >= 0.6 is 0 Å². The molecule has 2 aromatic carbocycles. The van der Waals surface area contributed by atoms with Crippen molar-refractivity contribution in [2.75, 3.05) is 12.4 Å². The number of halogens is 2. The Morgan fingerprint density at radius 1 is 1.10 bits per heavy atom. The number of hydrogen-bond donors (Lipinski definition) is 1. The fraction of sp³-hybridized carbons (Fsp3) is 0.174. The number of rotatable bonds is 5. The van der Waals surface area contributed by atoms with Crippen LogP contribution in [0.4, 0.5) is 14.5 Å². The van der Waals surface area contributed by atoms with Crippen LogP contribution in [0.2, 0.25) is 0 Å².